The van der Waals surface area contributed by atoms with E-state index in [4.69, 9.17) is 5.73 Å². The molecule has 6 nitrogen and oxygen atoms in total. The Morgan fingerprint density at radius 2 is 2.24 bits per heavy atom. The van der Waals surface area contributed by atoms with Crippen LogP contribution >= 0.6 is 11.8 Å². The average molecular weight is 305 g/mol. The predicted octanol–water partition coefficient (Wildman–Crippen LogP) is 1.57. The Bertz CT molecular complexity index is 626. The standard InChI is InChI=1S/C14H19N5OS/c1-3-10-5-4-6-11(7-10)16-13(20)9-21-14-18-17-12(8-15)19(14)2/h4-7H,3,8-9,15H2,1-2H3,(H,16,20). The van der Waals surface area contributed by atoms with Crippen LogP contribution in [-0.2, 0) is 24.8 Å². The molecule has 21 heavy (non-hydrogen) atoms. The molecule has 2 rings (SSSR count). The Balaban J connectivity index is 1.91. The van der Waals surface area contributed by atoms with Crippen LogP contribution in [0.2, 0.25) is 0 Å². The third kappa shape index (κ3) is 4.05. The van der Waals surface area contributed by atoms with E-state index in [1.807, 2.05) is 31.3 Å². The number of anilines is 1. The zero-order valence-corrected chi connectivity index (χ0v) is 13.0. The monoisotopic (exact) mass is 305 g/mol. The molecule has 3 N–H and O–H groups in total. The number of benzene rings is 1. The van der Waals surface area contributed by atoms with E-state index >= 15 is 0 Å². The zero-order valence-electron chi connectivity index (χ0n) is 12.2. The van der Waals surface area contributed by atoms with Crippen LogP contribution in [0.5, 0.6) is 0 Å². The highest BCUT2D eigenvalue weighted by Crippen LogP contribution is 2.16. The fourth-order valence-electron chi connectivity index (χ4n) is 1.84. The van der Waals surface area contributed by atoms with E-state index in [9.17, 15) is 4.79 Å². The summed E-state index contributed by atoms with van der Waals surface area (Å²) in [6, 6.07) is 7.85. The van der Waals surface area contributed by atoms with Crippen molar-refractivity contribution >= 4 is 23.4 Å². The Kier molecular flexibility index (Phi) is 5.35. The molecule has 0 fully saturated rings. The van der Waals surface area contributed by atoms with Crippen molar-refractivity contribution in [2.75, 3.05) is 11.1 Å². The van der Waals surface area contributed by atoms with Gasteiger partial charge >= 0.3 is 0 Å². The summed E-state index contributed by atoms with van der Waals surface area (Å²) in [6.07, 6.45) is 0.944. The van der Waals surface area contributed by atoms with Gasteiger partial charge in [0.05, 0.1) is 12.3 Å². The highest BCUT2D eigenvalue weighted by molar-refractivity contribution is 7.99. The molecule has 1 heterocycles. The molecule has 112 valence electrons. The van der Waals surface area contributed by atoms with Crippen molar-refractivity contribution in [1.29, 1.82) is 0 Å². The number of aromatic nitrogens is 3. The summed E-state index contributed by atoms with van der Waals surface area (Å²) in [6.45, 7) is 2.42. The van der Waals surface area contributed by atoms with E-state index in [0.29, 0.717) is 17.5 Å². The minimum absolute atomic E-state index is 0.0643. The number of nitrogens with zero attached hydrogens (tertiary/aromatic N) is 3. The summed E-state index contributed by atoms with van der Waals surface area (Å²) >= 11 is 1.34. The number of hydrogen-bond donors (Lipinski definition) is 2. The van der Waals surface area contributed by atoms with Gasteiger partial charge in [-0.3, -0.25) is 4.79 Å². The van der Waals surface area contributed by atoms with Crippen LogP contribution < -0.4 is 11.1 Å². The third-order valence-electron chi connectivity index (χ3n) is 3.06. The van der Waals surface area contributed by atoms with Crippen molar-refractivity contribution in [2.45, 2.75) is 25.0 Å². The minimum Gasteiger partial charge on any atom is -0.325 e. The minimum atomic E-state index is -0.0643. The lowest BCUT2D eigenvalue weighted by Crippen LogP contribution is -2.14. The summed E-state index contributed by atoms with van der Waals surface area (Å²) in [5, 5.41) is 11.5. The molecule has 0 unspecified atom stereocenters. The number of carbonyl (C=O) groups is 1. The maximum Gasteiger partial charge on any atom is 0.234 e. The molecule has 0 atom stereocenters. The van der Waals surface area contributed by atoms with Gasteiger partial charge in [-0.25, -0.2) is 0 Å². The second-order valence-electron chi connectivity index (χ2n) is 4.55. The highest BCUT2D eigenvalue weighted by atomic mass is 32.2. The molecule has 1 amide bonds. The molecular weight excluding hydrogens is 286 g/mol. The van der Waals surface area contributed by atoms with Crippen LogP contribution in [0, 0.1) is 0 Å². The maximum atomic E-state index is 12.0. The fourth-order valence-corrected chi connectivity index (χ4v) is 2.57. The quantitative estimate of drug-likeness (QED) is 0.791. The molecule has 0 saturated carbocycles. The van der Waals surface area contributed by atoms with Crippen LogP contribution in [0.25, 0.3) is 0 Å². The van der Waals surface area contributed by atoms with Crippen LogP contribution in [0.15, 0.2) is 29.4 Å². The number of hydrogen-bond acceptors (Lipinski definition) is 5. The summed E-state index contributed by atoms with van der Waals surface area (Å²) in [5.74, 6) is 0.923. The van der Waals surface area contributed by atoms with Crippen molar-refractivity contribution in [1.82, 2.24) is 14.8 Å². The van der Waals surface area contributed by atoms with Gasteiger partial charge in [0.2, 0.25) is 5.91 Å². The second kappa shape index (κ2) is 7.24. The molecule has 0 aliphatic rings. The summed E-state index contributed by atoms with van der Waals surface area (Å²) in [4.78, 5) is 12.0. The van der Waals surface area contributed by atoms with E-state index < -0.39 is 0 Å². The molecule has 0 saturated heterocycles. The van der Waals surface area contributed by atoms with Crippen LogP contribution in [0.3, 0.4) is 0 Å². The van der Waals surface area contributed by atoms with Crippen molar-refractivity contribution in [3.05, 3.63) is 35.7 Å². The van der Waals surface area contributed by atoms with E-state index in [1.54, 1.807) is 4.57 Å². The number of amides is 1. The molecule has 0 spiro atoms. The molecule has 2 aromatic rings. The van der Waals surface area contributed by atoms with Gasteiger partial charge < -0.3 is 15.6 Å². The van der Waals surface area contributed by atoms with E-state index in [-0.39, 0.29) is 11.7 Å². The summed E-state index contributed by atoms with van der Waals surface area (Å²) in [5.41, 5.74) is 7.55. The Hall–Kier alpha value is -1.86. The largest absolute Gasteiger partial charge is 0.325 e. The van der Waals surface area contributed by atoms with Crippen molar-refractivity contribution in [2.24, 2.45) is 12.8 Å². The molecule has 0 radical (unpaired) electrons. The first kappa shape index (κ1) is 15.5. The lowest BCUT2D eigenvalue weighted by atomic mass is 10.1. The number of nitrogens with one attached hydrogen (secondary N) is 1. The van der Waals surface area contributed by atoms with Crippen molar-refractivity contribution in [3.63, 3.8) is 0 Å². The molecule has 0 bridgehead atoms. The van der Waals surface area contributed by atoms with Gasteiger partial charge in [0, 0.05) is 12.7 Å². The zero-order chi connectivity index (χ0) is 15.2. The van der Waals surface area contributed by atoms with E-state index in [0.717, 1.165) is 12.1 Å². The predicted molar refractivity (Wildman–Crippen MR) is 84.1 cm³/mol. The number of thioether (sulfide) groups is 1. The van der Waals surface area contributed by atoms with Gasteiger partial charge in [0.1, 0.15) is 5.82 Å². The highest BCUT2D eigenvalue weighted by Gasteiger charge is 2.10. The first-order valence-corrected chi connectivity index (χ1v) is 7.72. The second-order valence-corrected chi connectivity index (χ2v) is 5.50. The number of nitrogens with two attached hydrogens (primary N) is 1. The average Bonchev–Trinajstić information content (AvgIpc) is 2.85. The van der Waals surface area contributed by atoms with Crippen molar-refractivity contribution < 1.29 is 4.79 Å². The number of carbonyl (C=O) groups excluding carboxylic acids is 1. The van der Waals surface area contributed by atoms with E-state index in [1.165, 1.54) is 17.3 Å². The maximum absolute atomic E-state index is 12.0. The van der Waals surface area contributed by atoms with Crippen LogP contribution in [-0.4, -0.2) is 26.4 Å². The first-order valence-electron chi connectivity index (χ1n) is 6.74. The lowest BCUT2D eigenvalue weighted by molar-refractivity contribution is -0.113. The normalized spacial score (nSPS) is 10.6. The lowest BCUT2D eigenvalue weighted by Gasteiger charge is -2.06. The van der Waals surface area contributed by atoms with Gasteiger partial charge in [-0.15, -0.1) is 10.2 Å². The molecule has 1 aromatic heterocycles. The van der Waals surface area contributed by atoms with Gasteiger partial charge in [0.15, 0.2) is 5.16 Å². The SMILES string of the molecule is CCc1cccc(NC(=O)CSc2nnc(CN)n2C)c1. The topological polar surface area (TPSA) is 85.8 Å². The first-order chi connectivity index (χ1) is 10.1. The Labute approximate surface area is 128 Å². The fraction of sp³-hybridized carbons (Fsp3) is 0.357. The molecule has 7 heteroatoms. The Morgan fingerprint density at radius 3 is 2.90 bits per heavy atom. The summed E-state index contributed by atoms with van der Waals surface area (Å²) < 4.78 is 1.80. The van der Waals surface area contributed by atoms with Crippen LogP contribution in [0.4, 0.5) is 5.69 Å². The van der Waals surface area contributed by atoms with E-state index in [2.05, 4.69) is 22.4 Å². The van der Waals surface area contributed by atoms with Gasteiger partial charge in [-0.2, -0.15) is 0 Å². The van der Waals surface area contributed by atoms with Gasteiger partial charge in [-0.05, 0) is 24.1 Å². The van der Waals surface area contributed by atoms with Gasteiger partial charge in [0.25, 0.3) is 0 Å². The van der Waals surface area contributed by atoms with Gasteiger partial charge in [-0.1, -0.05) is 30.8 Å². The summed E-state index contributed by atoms with van der Waals surface area (Å²) in [7, 11) is 1.84. The number of aryl methyl sites for hydroxylation is 1. The smallest absolute Gasteiger partial charge is 0.234 e. The molecule has 0 aliphatic heterocycles. The molecule has 1 aromatic carbocycles. The third-order valence-corrected chi connectivity index (χ3v) is 4.08. The van der Waals surface area contributed by atoms with Crippen LogP contribution in [0.1, 0.15) is 18.3 Å². The van der Waals surface area contributed by atoms with Crippen molar-refractivity contribution in [3.8, 4) is 0 Å². The number of rotatable bonds is 6. The molecular formula is C14H19N5OS. The Morgan fingerprint density at radius 1 is 1.43 bits per heavy atom. The molecule has 0 aliphatic carbocycles.